The van der Waals surface area contributed by atoms with Gasteiger partial charge in [0, 0.05) is 12.8 Å². The van der Waals surface area contributed by atoms with Crippen LogP contribution in [0.1, 0.15) is 117 Å². The maximum absolute atomic E-state index is 12.1. The summed E-state index contributed by atoms with van der Waals surface area (Å²) in [6.07, 6.45) is 27.7. The number of rotatable bonds is 21. The molecule has 0 aliphatic heterocycles. The number of unbranched alkanes of at least 4 members (excludes halogenated alkanes) is 6. The normalized spacial score (nSPS) is 12.8. The Morgan fingerprint density at radius 2 is 1.35 bits per heavy atom. The molecule has 4 nitrogen and oxygen atoms in total. The number of allylic oxidation sites excluding steroid dienone is 6. The van der Waals surface area contributed by atoms with Crippen LogP contribution in [0.15, 0.2) is 36.5 Å². The lowest BCUT2D eigenvalue weighted by atomic mass is 10.1. The number of carboxylic acid groups (broad SMARTS) is 1. The standard InChI is InChI=1S/C27H46O4/c1-3-5-7-8-9-10-11-12-13-14-15-16-17-18-19-24-27(30)31-25(21-6-4-2)22-20-23-26(28)29/h5,7,9-10,12-13,25H,3-4,6,8,11,14-24H2,1-2H3,(H,28,29)/b7-5-,10-9-,13-12-. The Balaban J connectivity index is 3.70. The summed E-state index contributed by atoms with van der Waals surface area (Å²) in [5.41, 5.74) is 0. The van der Waals surface area contributed by atoms with Gasteiger partial charge >= 0.3 is 11.9 Å². The van der Waals surface area contributed by atoms with Crippen molar-refractivity contribution in [2.24, 2.45) is 0 Å². The van der Waals surface area contributed by atoms with Gasteiger partial charge in [-0.15, -0.1) is 0 Å². The Morgan fingerprint density at radius 1 is 0.742 bits per heavy atom. The molecule has 0 aliphatic rings. The summed E-state index contributed by atoms with van der Waals surface area (Å²) >= 11 is 0. The second-order valence-corrected chi connectivity index (χ2v) is 8.14. The summed E-state index contributed by atoms with van der Waals surface area (Å²) < 4.78 is 5.60. The molecule has 4 heteroatoms. The van der Waals surface area contributed by atoms with Crippen molar-refractivity contribution in [2.75, 3.05) is 0 Å². The highest BCUT2D eigenvalue weighted by Gasteiger charge is 2.14. The first kappa shape index (κ1) is 29.2. The van der Waals surface area contributed by atoms with Crippen LogP contribution in [-0.2, 0) is 14.3 Å². The van der Waals surface area contributed by atoms with Crippen LogP contribution in [0.2, 0.25) is 0 Å². The van der Waals surface area contributed by atoms with Gasteiger partial charge in [-0.3, -0.25) is 9.59 Å². The third-order valence-electron chi connectivity index (χ3n) is 5.13. The van der Waals surface area contributed by atoms with E-state index in [2.05, 4.69) is 50.3 Å². The second-order valence-electron chi connectivity index (χ2n) is 8.14. The number of carboxylic acids is 1. The van der Waals surface area contributed by atoms with Crippen molar-refractivity contribution in [3.8, 4) is 0 Å². The highest BCUT2D eigenvalue weighted by atomic mass is 16.5. The number of carbonyl (C=O) groups excluding carboxylic acids is 1. The monoisotopic (exact) mass is 434 g/mol. The van der Waals surface area contributed by atoms with Gasteiger partial charge in [0.05, 0.1) is 0 Å². The molecule has 0 aliphatic carbocycles. The number of ether oxygens (including phenoxy) is 1. The first-order chi connectivity index (χ1) is 15.1. The third-order valence-corrected chi connectivity index (χ3v) is 5.13. The molecule has 0 aromatic heterocycles. The molecule has 178 valence electrons. The van der Waals surface area contributed by atoms with E-state index in [1.165, 1.54) is 12.8 Å². The average Bonchev–Trinajstić information content (AvgIpc) is 2.74. The molecular formula is C27H46O4. The molecule has 0 heterocycles. The summed E-state index contributed by atoms with van der Waals surface area (Å²) in [5, 5.41) is 8.77. The van der Waals surface area contributed by atoms with Crippen molar-refractivity contribution in [3.63, 3.8) is 0 Å². The fourth-order valence-corrected chi connectivity index (χ4v) is 3.31. The minimum absolute atomic E-state index is 0.124. The molecular weight excluding hydrogens is 388 g/mol. The van der Waals surface area contributed by atoms with Crippen LogP contribution >= 0.6 is 0 Å². The number of hydrogen-bond acceptors (Lipinski definition) is 3. The van der Waals surface area contributed by atoms with Crippen molar-refractivity contribution in [1.82, 2.24) is 0 Å². The molecule has 0 spiro atoms. The minimum atomic E-state index is -0.789. The maximum atomic E-state index is 12.1. The van der Waals surface area contributed by atoms with Crippen LogP contribution in [0.25, 0.3) is 0 Å². The zero-order chi connectivity index (χ0) is 23.0. The van der Waals surface area contributed by atoms with E-state index in [0.717, 1.165) is 64.2 Å². The molecule has 0 rings (SSSR count). The Labute approximate surface area is 190 Å². The predicted octanol–water partition coefficient (Wildman–Crippen LogP) is 7.93. The van der Waals surface area contributed by atoms with Gasteiger partial charge in [-0.05, 0) is 57.8 Å². The summed E-state index contributed by atoms with van der Waals surface area (Å²) in [5.74, 6) is -0.916. The molecule has 0 aromatic rings. The fourth-order valence-electron chi connectivity index (χ4n) is 3.31. The number of esters is 1. The van der Waals surface area contributed by atoms with Gasteiger partial charge < -0.3 is 9.84 Å². The number of carbonyl (C=O) groups is 2. The van der Waals surface area contributed by atoms with Gasteiger partial charge in [0.25, 0.3) is 0 Å². The molecule has 0 aromatic carbocycles. The Morgan fingerprint density at radius 3 is 2.03 bits per heavy atom. The molecule has 1 unspecified atom stereocenters. The van der Waals surface area contributed by atoms with E-state index < -0.39 is 5.97 Å². The van der Waals surface area contributed by atoms with Crippen LogP contribution in [0.5, 0.6) is 0 Å². The smallest absolute Gasteiger partial charge is 0.306 e. The zero-order valence-electron chi connectivity index (χ0n) is 20.0. The van der Waals surface area contributed by atoms with Crippen LogP contribution in [-0.4, -0.2) is 23.1 Å². The molecule has 1 N–H and O–H groups in total. The fraction of sp³-hybridized carbons (Fsp3) is 0.704. The van der Waals surface area contributed by atoms with E-state index in [9.17, 15) is 9.59 Å². The van der Waals surface area contributed by atoms with E-state index in [1.807, 2.05) is 0 Å². The molecule has 0 saturated carbocycles. The van der Waals surface area contributed by atoms with Crippen LogP contribution < -0.4 is 0 Å². The Kier molecular flexibility index (Phi) is 21.5. The molecule has 0 amide bonds. The van der Waals surface area contributed by atoms with E-state index in [1.54, 1.807) is 0 Å². The van der Waals surface area contributed by atoms with Crippen LogP contribution in [0.4, 0.5) is 0 Å². The number of aliphatic carboxylic acids is 1. The second kappa shape index (κ2) is 22.8. The van der Waals surface area contributed by atoms with Crippen LogP contribution in [0, 0.1) is 0 Å². The highest BCUT2D eigenvalue weighted by molar-refractivity contribution is 5.69. The molecule has 0 radical (unpaired) electrons. The first-order valence-corrected chi connectivity index (χ1v) is 12.5. The van der Waals surface area contributed by atoms with Crippen molar-refractivity contribution in [3.05, 3.63) is 36.5 Å². The summed E-state index contributed by atoms with van der Waals surface area (Å²) in [7, 11) is 0. The van der Waals surface area contributed by atoms with Gasteiger partial charge in [0.2, 0.25) is 0 Å². The Bertz CT molecular complexity index is 519. The highest BCUT2D eigenvalue weighted by Crippen LogP contribution is 2.15. The molecule has 0 bridgehead atoms. The molecule has 0 fully saturated rings. The zero-order valence-corrected chi connectivity index (χ0v) is 20.0. The number of hydrogen-bond donors (Lipinski definition) is 1. The van der Waals surface area contributed by atoms with Gasteiger partial charge in [-0.25, -0.2) is 0 Å². The lowest BCUT2D eigenvalue weighted by Gasteiger charge is -2.17. The first-order valence-electron chi connectivity index (χ1n) is 12.5. The van der Waals surface area contributed by atoms with Gasteiger partial charge in [0.15, 0.2) is 0 Å². The lowest BCUT2D eigenvalue weighted by molar-refractivity contribution is -0.150. The van der Waals surface area contributed by atoms with Crippen molar-refractivity contribution >= 4 is 11.9 Å². The van der Waals surface area contributed by atoms with Gasteiger partial charge in [-0.1, -0.05) is 82.4 Å². The molecule has 31 heavy (non-hydrogen) atoms. The summed E-state index contributed by atoms with van der Waals surface area (Å²) in [6, 6.07) is 0. The quantitative estimate of drug-likeness (QED) is 0.113. The van der Waals surface area contributed by atoms with E-state index in [0.29, 0.717) is 19.3 Å². The summed E-state index contributed by atoms with van der Waals surface area (Å²) in [6.45, 7) is 4.26. The van der Waals surface area contributed by atoms with E-state index in [4.69, 9.17) is 9.84 Å². The Hall–Kier alpha value is -1.84. The predicted molar refractivity (Wildman–Crippen MR) is 130 cm³/mol. The van der Waals surface area contributed by atoms with Crippen molar-refractivity contribution in [1.29, 1.82) is 0 Å². The van der Waals surface area contributed by atoms with E-state index >= 15 is 0 Å². The van der Waals surface area contributed by atoms with Crippen LogP contribution in [0.3, 0.4) is 0 Å². The SMILES string of the molecule is CC/C=C\C/C=C\C/C=C\CCCCCCCC(=O)OC(CCCC)CCCC(=O)O. The van der Waals surface area contributed by atoms with Crippen molar-refractivity contribution in [2.45, 2.75) is 123 Å². The maximum Gasteiger partial charge on any atom is 0.306 e. The molecule has 1 atom stereocenters. The minimum Gasteiger partial charge on any atom is -0.481 e. The van der Waals surface area contributed by atoms with Crippen molar-refractivity contribution < 1.29 is 19.4 Å². The molecule has 0 saturated heterocycles. The lowest BCUT2D eigenvalue weighted by Crippen LogP contribution is -2.18. The van der Waals surface area contributed by atoms with Gasteiger partial charge in [0.1, 0.15) is 6.10 Å². The van der Waals surface area contributed by atoms with E-state index in [-0.39, 0.29) is 18.5 Å². The topological polar surface area (TPSA) is 63.6 Å². The third kappa shape index (κ3) is 22.7. The van der Waals surface area contributed by atoms with Gasteiger partial charge in [-0.2, -0.15) is 0 Å². The summed E-state index contributed by atoms with van der Waals surface area (Å²) in [4.78, 5) is 22.8. The average molecular weight is 435 g/mol. The largest absolute Gasteiger partial charge is 0.481 e.